The standard InChI is InChI=1S/C17H24N2O6/c1-23-13(5-9-19-10-6-14(20)18-16(19)22)11-24-15(21)17(7-8-17)25-12-3-2-4-12/h6,10,12-13H,2-5,7-9,11H2,1H3,(H,18,20,22). The zero-order chi connectivity index (χ0) is 17.9. The molecule has 138 valence electrons. The van der Waals surface area contributed by atoms with E-state index in [4.69, 9.17) is 14.2 Å². The van der Waals surface area contributed by atoms with Crippen molar-refractivity contribution in [1.82, 2.24) is 9.55 Å². The van der Waals surface area contributed by atoms with Crippen LogP contribution in [0.25, 0.3) is 0 Å². The first-order valence-electron chi connectivity index (χ1n) is 8.70. The van der Waals surface area contributed by atoms with Crippen LogP contribution in [0.1, 0.15) is 38.5 Å². The fraction of sp³-hybridized carbons (Fsp3) is 0.706. The maximum Gasteiger partial charge on any atom is 0.338 e. The number of methoxy groups -OCH3 is 1. The van der Waals surface area contributed by atoms with Gasteiger partial charge >= 0.3 is 11.7 Å². The minimum Gasteiger partial charge on any atom is -0.461 e. The molecule has 2 aliphatic rings. The maximum atomic E-state index is 12.3. The fourth-order valence-electron chi connectivity index (χ4n) is 2.76. The summed E-state index contributed by atoms with van der Waals surface area (Å²) < 4.78 is 18.0. The largest absolute Gasteiger partial charge is 0.461 e. The third-order valence-corrected chi connectivity index (χ3v) is 4.84. The summed E-state index contributed by atoms with van der Waals surface area (Å²) in [7, 11) is 1.53. The van der Waals surface area contributed by atoms with Gasteiger partial charge in [-0.15, -0.1) is 0 Å². The van der Waals surface area contributed by atoms with E-state index >= 15 is 0 Å². The number of H-pyrrole nitrogens is 1. The normalized spacial score (nSPS) is 19.9. The Balaban J connectivity index is 1.46. The van der Waals surface area contributed by atoms with Crippen molar-refractivity contribution in [2.24, 2.45) is 0 Å². The van der Waals surface area contributed by atoms with Crippen LogP contribution in [0, 0.1) is 0 Å². The number of rotatable bonds is 9. The van der Waals surface area contributed by atoms with E-state index in [0.29, 0.717) is 25.8 Å². The van der Waals surface area contributed by atoms with E-state index in [1.807, 2.05) is 0 Å². The first-order chi connectivity index (χ1) is 12.0. The lowest BCUT2D eigenvalue weighted by atomic mass is 9.96. The van der Waals surface area contributed by atoms with Crippen LogP contribution in [0.3, 0.4) is 0 Å². The van der Waals surface area contributed by atoms with Gasteiger partial charge in [-0.2, -0.15) is 0 Å². The van der Waals surface area contributed by atoms with Gasteiger partial charge in [0.2, 0.25) is 0 Å². The van der Waals surface area contributed by atoms with Crippen molar-refractivity contribution in [3.63, 3.8) is 0 Å². The first kappa shape index (κ1) is 17.9. The number of hydrogen-bond acceptors (Lipinski definition) is 6. The Labute approximate surface area is 145 Å². The van der Waals surface area contributed by atoms with Crippen LogP contribution in [0.2, 0.25) is 0 Å². The van der Waals surface area contributed by atoms with Gasteiger partial charge in [0, 0.05) is 25.9 Å². The van der Waals surface area contributed by atoms with Crippen LogP contribution in [0.15, 0.2) is 21.9 Å². The van der Waals surface area contributed by atoms with Gasteiger partial charge in [-0.25, -0.2) is 9.59 Å². The lowest BCUT2D eigenvalue weighted by Gasteiger charge is -2.29. The van der Waals surface area contributed by atoms with Gasteiger partial charge in [0.1, 0.15) is 6.61 Å². The van der Waals surface area contributed by atoms with Gasteiger partial charge in [0.15, 0.2) is 5.60 Å². The van der Waals surface area contributed by atoms with Gasteiger partial charge < -0.3 is 18.8 Å². The summed E-state index contributed by atoms with van der Waals surface area (Å²) in [6.45, 7) is 0.471. The van der Waals surface area contributed by atoms with Crippen molar-refractivity contribution in [3.8, 4) is 0 Å². The number of aromatic nitrogens is 2. The lowest BCUT2D eigenvalue weighted by molar-refractivity contribution is -0.172. The highest BCUT2D eigenvalue weighted by atomic mass is 16.6. The number of carbonyl (C=O) groups is 1. The summed E-state index contributed by atoms with van der Waals surface area (Å²) in [5.41, 5.74) is -1.64. The predicted octanol–water partition coefficient (Wildman–Crippen LogP) is 0.587. The van der Waals surface area contributed by atoms with Crippen LogP contribution in [0.4, 0.5) is 0 Å². The lowest BCUT2D eigenvalue weighted by Crippen LogP contribution is -2.37. The van der Waals surface area contributed by atoms with Crippen molar-refractivity contribution >= 4 is 5.97 Å². The summed E-state index contributed by atoms with van der Waals surface area (Å²) in [5, 5.41) is 0. The highest BCUT2D eigenvalue weighted by Gasteiger charge is 2.54. The minimum atomic E-state index is -0.737. The van der Waals surface area contributed by atoms with E-state index in [2.05, 4.69) is 4.98 Å². The monoisotopic (exact) mass is 352 g/mol. The molecule has 0 aliphatic heterocycles. The average molecular weight is 352 g/mol. The van der Waals surface area contributed by atoms with Crippen LogP contribution >= 0.6 is 0 Å². The number of aryl methyl sites for hydroxylation is 1. The van der Waals surface area contributed by atoms with E-state index in [9.17, 15) is 14.4 Å². The molecule has 0 amide bonds. The van der Waals surface area contributed by atoms with E-state index < -0.39 is 16.9 Å². The topological polar surface area (TPSA) is 99.6 Å². The SMILES string of the molecule is COC(CCn1ccc(=O)[nH]c1=O)COC(=O)C1(OC2CCC2)CC1. The Morgan fingerprint density at radius 3 is 2.72 bits per heavy atom. The van der Waals surface area contributed by atoms with Gasteiger partial charge in [0.25, 0.3) is 5.56 Å². The number of nitrogens with zero attached hydrogens (tertiary/aromatic N) is 1. The van der Waals surface area contributed by atoms with Gasteiger partial charge in [-0.1, -0.05) is 0 Å². The minimum absolute atomic E-state index is 0.114. The number of aromatic amines is 1. The molecular formula is C17H24N2O6. The van der Waals surface area contributed by atoms with E-state index in [1.54, 1.807) is 0 Å². The number of hydrogen-bond donors (Lipinski definition) is 1. The molecule has 0 bridgehead atoms. The Morgan fingerprint density at radius 2 is 2.16 bits per heavy atom. The average Bonchev–Trinajstić information content (AvgIpc) is 3.33. The van der Waals surface area contributed by atoms with Crippen LogP contribution in [0.5, 0.6) is 0 Å². The molecule has 8 heteroatoms. The van der Waals surface area contributed by atoms with Gasteiger partial charge in [-0.05, 0) is 38.5 Å². The van der Waals surface area contributed by atoms with Crippen molar-refractivity contribution in [3.05, 3.63) is 33.1 Å². The first-order valence-corrected chi connectivity index (χ1v) is 8.70. The Kier molecular flexibility index (Phi) is 5.39. The second-order valence-electron chi connectivity index (χ2n) is 6.71. The highest BCUT2D eigenvalue weighted by molar-refractivity contribution is 5.82. The summed E-state index contributed by atoms with van der Waals surface area (Å²) in [6, 6.07) is 1.29. The fourth-order valence-corrected chi connectivity index (χ4v) is 2.76. The molecule has 2 aliphatic carbocycles. The molecule has 1 heterocycles. The molecule has 25 heavy (non-hydrogen) atoms. The van der Waals surface area contributed by atoms with Crippen molar-refractivity contribution in [2.45, 2.75) is 62.9 Å². The highest BCUT2D eigenvalue weighted by Crippen LogP contribution is 2.44. The third-order valence-electron chi connectivity index (χ3n) is 4.84. The molecule has 1 aromatic rings. The molecule has 2 fully saturated rings. The van der Waals surface area contributed by atoms with Crippen molar-refractivity contribution in [2.75, 3.05) is 13.7 Å². The van der Waals surface area contributed by atoms with Gasteiger partial charge in [0.05, 0.1) is 12.2 Å². The summed E-state index contributed by atoms with van der Waals surface area (Å²) >= 11 is 0. The molecule has 1 aromatic heterocycles. The molecular weight excluding hydrogens is 328 g/mol. The number of nitrogens with one attached hydrogen (secondary N) is 1. The summed E-state index contributed by atoms with van der Waals surface area (Å²) in [4.78, 5) is 37.2. The maximum absolute atomic E-state index is 12.3. The second-order valence-corrected chi connectivity index (χ2v) is 6.71. The number of carbonyl (C=O) groups excluding carboxylic acids is 1. The van der Waals surface area contributed by atoms with E-state index in [1.165, 1.54) is 23.9 Å². The number of esters is 1. The summed E-state index contributed by atoms with van der Waals surface area (Å²) in [5.74, 6) is -0.317. The van der Waals surface area contributed by atoms with Crippen LogP contribution < -0.4 is 11.2 Å². The number of ether oxygens (including phenoxy) is 3. The Morgan fingerprint density at radius 1 is 1.40 bits per heavy atom. The van der Waals surface area contributed by atoms with Gasteiger partial charge in [-0.3, -0.25) is 9.78 Å². The Bertz CT molecular complexity index is 716. The second kappa shape index (κ2) is 7.53. The quantitative estimate of drug-likeness (QED) is 0.653. The molecule has 0 spiro atoms. The van der Waals surface area contributed by atoms with E-state index in [-0.39, 0.29) is 24.8 Å². The molecule has 1 N–H and O–H groups in total. The zero-order valence-electron chi connectivity index (χ0n) is 14.4. The Hall–Kier alpha value is -1.93. The molecule has 1 atom stereocenters. The third kappa shape index (κ3) is 4.38. The molecule has 8 nitrogen and oxygen atoms in total. The molecule has 0 radical (unpaired) electrons. The van der Waals surface area contributed by atoms with Crippen molar-refractivity contribution in [1.29, 1.82) is 0 Å². The molecule has 3 rings (SSSR count). The zero-order valence-corrected chi connectivity index (χ0v) is 14.4. The predicted molar refractivity (Wildman–Crippen MR) is 88.4 cm³/mol. The smallest absolute Gasteiger partial charge is 0.338 e. The molecule has 2 saturated carbocycles. The van der Waals surface area contributed by atoms with E-state index in [0.717, 1.165) is 19.3 Å². The summed E-state index contributed by atoms with van der Waals surface area (Å²) in [6.07, 6.45) is 6.40. The van der Waals surface area contributed by atoms with Crippen LogP contribution in [-0.2, 0) is 25.5 Å². The van der Waals surface area contributed by atoms with Crippen LogP contribution in [-0.4, -0.2) is 47.0 Å². The molecule has 1 unspecified atom stereocenters. The molecule has 0 saturated heterocycles. The van der Waals surface area contributed by atoms with Crippen molar-refractivity contribution < 1.29 is 19.0 Å². The molecule has 0 aromatic carbocycles.